The van der Waals surface area contributed by atoms with Gasteiger partial charge < -0.3 is 19.5 Å². The molecule has 31 heavy (non-hydrogen) atoms. The number of ether oxygens (including phenoxy) is 3. The zero-order chi connectivity index (χ0) is 22.0. The number of nitrogens with zero attached hydrogens (tertiary/aromatic N) is 4. The van der Waals surface area contributed by atoms with Gasteiger partial charge in [0.1, 0.15) is 12.7 Å². The lowest BCUT2D eigenvalue weighted by molar-refractivity contribution is -0.138. The third-order valence-electron chi connectivity index (χ3n) is 5.12. The highest BCUT2D eigenvalue weighted by molar-refractivity contribution is 5.78. The van der Waals surface area contributed by atoms with E-state index in [1.54, 1.807) is 25.0 Å². The maximum absolute atomic E-state index is 12.2. The van der Waals surface area contributed by atoms with Crippen LogP contribution in [0.15, 0.2) is 36.4 Å². The molecule has 9 nitrogen and oxygen atoms in total. The molecule has 0 saturated carbocycles. The van der Waals surface area contributed by atoms with Crippen LogP contribution in [0.3, 0.4) is 0 Å². The van der Waals surface area contributed by atoms with E-state index < -0.39 is 12.1 Å². The second-order valence-electron chi connectivity index (χ2n) is 7.18. The summed E-state index contributed by atoms with van der Waals surface area (Å²) in [5.41, 5.74) is 1.67. The molecule has 0 unspecified atom stereocenters. The molecule has 1 amide bonds. The number of nitrogens with one attached hydrogen (secondary N) is 1. The molecule has 1 N–H and O–H groups in total. The largest absolute Gasteiger partial charge is 0.493 e. The van der Waals surface area contributed by atoms with Crippen LogP contribution in [0.1, 0.15) is 42.0 Å². The Kier molecular flexibility index (Phi) is 5.85. The van der Waals surface area contributed by atoms with Gasteiger partial charge in [0.15, 0.2) is 29.0 Å². The summed E-state index contributed by atoms with van der Waals surface area (Å²) in [5.74, 6) is 2.86. The van der Waals surface area contributed by atoms with Crippen molar-refractivity contribution in [1.29, 1.82) is 0 Å². The molecular formula is C22H25N5O4. The van der Waals surface area contributed by atoms with Crippen LogP contribution in [0.5, 0.6) is 11.5 Å². The van der Waals surface area contributed by atoms with Gasteiger partial charge in [0.25, 0.3) is 0 Å². The van der Waals surface area contributed by atoms with Crippen molar-refractivity contribution >= 4 is 5.91 Å². The number of morpholine rings is 1. The van der Waals surface area contributed by atoms with Gasteiger partial charge in [-0.25, -0.2) is 9.97 Å². The first kappa shape index (κ1) is 20.8. The van der Waals surface area contributed by atoms with Crippen molar-refractivity contribution in [1.82, 2.24) is 25.1 Å². The molecule has 0 spiro atoms. The van der Waals surface area contributed by atoms with Crippen LogP contribution < -0.4 is 14.8 Å². The number of amides is 1. The maximum atomic E-state index is 12.2. The molecular weight excluding hydrogens is 398 g/mol. The lowest BCUT2D eigenvalue weighted by Gasteiger charge is -2.32. The van der Waals surface area contributed by atoms with Crippen LogP contribution in [-0.4, -0.2) is 46.5 Å². The molecule has 0 bridgehead atoms. The molecule has 1 aliphatic rings. The summed E-state index contributed by atoms with van der Waals surface area (Å²) >= 11 is 0. The average molecular weight is 423 g/mol. The van der Waals surface area contributed by atoms with E-state index in [4.69, 9.17) is 19.2 Å². The third-order valence-corrected chi connectivity index (χ3v) is 5.12. The molecule has 2 aromatic heterocycles. The van der Waals surface area contributed by atoms with Crippen molar-refractivity contribution in [3.8, 4) is 17.3 Å². The minimum atomic E-state index is -0.564. The van der Waals surface area contributed by atoms with E-state index in [2.05, 4.69) is 15.4 Å². The van der Waals surface area contributed by atoms with Gasteiger partial charge in [-0.3, -0.25) is 4.79 Å². The van der Waals surface area contributed by atoms with Gasteiger partial charge >= 0.3 is 0 Å². The van der Waals surface area contributed by atoms with Crippen LogP contribution in [0.2, 0.25) is 0 Å². The molecule has 3 aromatic rings. The zero-order valence-electron chi connectivity index (χ0n) is 18.0. The molecule has 162 valence electrons. The molecule has 2 atom stereocenters. The van der Waals surface area contributed by atoms with Crippen LogP contribution in [0.4, 0.5) is 0 Å². The quantitative estimate of drug-likeness (QED) is 0.650. The number of hydrogen-bond donors (Lipinski definition) is 1. The van der Waals surface area contributed by atoms with Gasteiger partial charge in [-0.2, -0.15) is 4.68 Å². The Morgan fingerprint density at radius 3 is 2.68 bits per heavy atom. The topological polar surface area (TPSA) is 100 Å². The fraction of sp³-hybridized carbons (Fsp3) is 0.364. The third kappa shape index (κ3) is 4.09. The maximum Gasteiger partial charge on any atom is 0.246 e. The lowest BCUT2D eigenvalue weighted by atomic mass is 9.98. The van der Waals surface area contributed by atoms with Crippen molar-refractivity contribution in [2.45, 2.75) is 32.4 Å². The number of aromatic nitrogens is 4. The first-order valence-electron chi connectivity index (χ1n) is 10.1. The molecule has 1 fully saturated rings. The second-order valence-corrected chi connectivity index (χ2v) is 7.18. The van der Waals surface area contributed by atoms with Crippen molar-refractivity contribution < 1.29 is 19.0 Å². The number of pyridine rings is 1. The molecule has 9 heteroatoms. The summed E-state index contributed by atoms with van der Waals surface area (Å²) in [6.45, 7) is 3.84. The van der Waals surface area contributed by atoms with Crippen molar-refractivity contribution in [2.24, 2.45) is 0 Å². The summed E-state index contributed by atoms with van der Waals surface area (Å²) < 4.78 is 18.5. The number of aryl methyl sites for hydroxylation is 2. The minimum absolute atomic E-state index is 0.0655. The Bertz CT molecular complexity index is 1100. The van der Waals surface area contributed by atoms with E-state index in [9.17, 15) is 4.79 Å². The molecule has 1 saturated heterocycles. The Balaban J connectivity index is 1.80. The standard InChI is InChI=1S/C22H25N5O4/c1-5-17-24-22(27(26-17)18-8-6-7-13(2)23-18)21-20(25-19(28)12-31-21)14-9-10-15(29-3)16(11-14)30-4/h6-11,20-21H,5,12H2,1-4H3,(H,25,28)/t20-,21+/m1/s1. The molecule has 1 aliphatic heterocycles. The Morgan fingerprint density at radius 1 is 1.16 bits per heavy atom. The average Bonchev–Trinajstić information content (AvgIpc) is 3.23. The second kappa shape index (κ2) is 8.73. The number of methoxy groups -OCH3 is 2. The van der Waals surface area contributed by atoms with Crippen LogP contribution in [0.25, 0.3) is 5.82 Å². The van der Waals surface area contributed by atoms with E-state index in [0.29, 0.717) is 35.4 Å². The molecule has 0 aliphatic carbocycles. The monoisotopic (exact) mass is 423 g/mol. The Labute approximate surface area is 180 Å². The first-order valence-corrected chi connectivity index (χ1v) is 10.1. The van der Waals surface area contributed by atoms with Crippen molar-refractivity contribution in [3.63, 3.8) is 0 Å². The predicted octanol–water partition coefficient (Wildman–Crippen LogP) is 2.48. The van der Waals surface area contributed by atoms with E-state index in [1.165, 1.54) is 0 Å². The smallest absolute Gasteiger partial charge is 0.246 e. The normalized spacial score (nSPS) is 18.5. The minimum Gasteiger partial charge on any atom is -0.493 e. The van der Waals surface area contributed by atoms with Crippen molar-refractivity contribution in [3.05, 3.63) is 59.3 Å². The highest BCUT2D eigenvalue weighted by Crippen LogP contribution is 2.38. The number of hydrogen-bond acceptors (Lipinski definition) is 7. The van der Waals surface area contributed by atoms with Gasteiger partial charge in [0.05, 0.1) is 20.3 Å². The number of carbonyl (C=O) groups excluding carboxylic acids is 1. The molecule has 3 heterocycles. The van der Waals surface area contributed by atoms with E-state index in [-0.39, 0.29) is 12.5 Å². The Morgan fingerprint density at radius 2 is 1.97 bits per heavy atom. The summed E-state index contributed by atoms with van der Waals surface area (Å²) in [6, 6.07) is 10.7. The SMILES string of the molecule is CCc1nc([C@H]2OCC(=O)N[C@@H]2c2ccc(OC)c(OC)c2)n(-c2cccc(C)n2)n1. The number of rotatable bonds is 6. The van der Waals surface area contributed by atoms with E-state index >= 15 is 0 Å². The van der Waals surface area contributed by atoms with Gasteiger partial charge in [-0.1, -0.05) is 19.1 Å². The molecule has 4 rings (SSSR count). The summed E-state index contributed by atoms with van der Waals surface area (Å²) in [5, 5.41) is 7.65. The van der Waals surface area contributed by atoms with Crippen LogP contribution >= 0.6 is 0 Å². The van der Waals surface area contributed by atoms with E-state index in [1.807, 2.05) is 44.2 Å². The fourth-order valence-electron chi connectivity index (χ4n) is 3.60. The number of benzene rings is 1. The van der Waals surface area contributed by atoms with Gasteiger partial charge in [0, 0.05) is 12.1 Å². The fourth-order valence-corrected chi connectivity index (χ4v) is 3.60. The van der Waals surface area contributed by atoms with Gasteiger partial charge in [-0.15, -0.1) is 5.10 Å². The van der Waals surface area contributed by atoms with Crippen LogP contribution in [0, 0.1) is 6.92 Å². The zero-order valence-corrected chi connectivity index (χ0v) is 18.0. The van der Waals surface area contributed by atoms with Crippen molar-refractivity contribution in [2.75, 3.05) is 20.8 Å². The van der Waals surface area contributed by atoms with Gasteiger partial charge in [-0.05, 0) is 36.8 Å². The first-order chi connectivity index (χ1) is 15.0. The Hall–Kier alpha value is -3.46. The number of carbonyl (C=O) groups is 1. The van der Waals surface area contributed by atoms with Crippen LogP contribution in [-0.2, 0) is 16.0 Å². The highest BCUT2D eigenvalue weighted by atomic mass is 16.5. The lowest BCUT2D eigenvalue weighted by Crippen LogP contribution is -2.42. The predicted molar refractivity (Wildman–Crippen MR) is 112 cm³/mol. The summed E-state index contributed by atoms with van der Waals surface area (Å²) in [4.78, 5) is 21.5. The summed E-state index contributed by atoms with van der Waals surface area (Å²) in [6.07, 6.45) is 0.0947. The van der Waals surface area contributed by atoms with Gasteiger partial charge in [0.2, 0.25) is 5.91 Å². The summed E-state index contributed by atoms with van der Waals surface area (Å²) in [7, 11) is 3.15. The molecule has 1 aromatic carbocycles. The van der Waals surface area contributed by atoms with E-state index in [0.717, 1.165) is 11.3 Å². The molecule has 0 radical (unpaired) electrons. The highest BCUT2D eigenvalue weighted by Gasteiger charge is 2.36.